The molecule has 3 aliphatic heterocycles. The van der Waals surface area contributed by atoms with Crippen LogP contribution in [0.5, 0.6) is 11.5 Å². The van der Waals surface area contributed by atoms with Crippen molar-refractivity contribution in [1.29, 1.82) is 0 Å². The highest BCUT2D eigenvalue weighted by Gasteiger charge is 2.49. The molecule has 4 fully saturated rings. The van der Waals surface area contributed by atoms with Crippen molar-refractivity contribution in [1.82, 2.24) is 34.9 Å². The molecule has 2 aromatic heterocycles. The number of nitrogen functional groups attached to an aromatic ring is 1. The lowest BCUT2D eigenvalue weighted by Gasteiger charge is -2.57. The molecule has 5 heterocycles. The Labute approximate surface area is 247 Å². The van der Waals surface area contributed by atoms with Crippen LogP contribution in [0.2, 0.25) is 0 Å². The number of anilines is 1. The summed E-state index contributed by atoms with van der Waals surface area (Å²) in [5, 5.41) is 9.40. The van der Waals surface area contributed by atoms with Gasteiger partial charge >= 0.3 is 0 Å². The first-order valence-corrected chi connectivity index (χ1v) is 15.7. The second kappa shape index (κ2) is 10.6. The van der Waals surface area contributed by atoms with Crippen molar-refractivity contribution in [2.45, 2.75) is 56.7 Å². The molecule has 0 atom stereocenters. The fourth-order valence-electron chi connectivity index (χ4n) is 7.75. The predicted molar refractivity (Wildman–Crippen MR) is 164 cm³/mol. The highest BCUT2D eigenvalue weighted by molar-refractivity contribution is 5.98. The van der Waals surface area contributed by atoms with Crippen LogP contribution < -0.4 is 15.8 Å². The number of nitrogens with zero attached hydrogens (tertiary/aromatic N) is 6. The molecule has 0 bridgehead atoms. The van der Waals surface area contributed by atoms with Gasteiger partial charge < -0.3 is 20.7 Å². The van der Waals surface area contributed by atoms with Crippen molar-refractivity contribution < 1.29 is 4.74 Å². The van der Waals surface area contributed by atoms with E-state index in [0.29, 0.717) is 17.3 Å². The number of hydrogen-bond acceptors (Lipinski definition) is 8. The van der Waals surface area contributed by atoms with E-state index < -0.39 is 0 Å². The predicted octanol–water partition coefficient (Wildman–Crippen LogP) is 4.72. The molecule has 3 saturated heterocycles. The molecule has 1 saturated carbocycles. The van der Waals surface area contributed by atoms with Crippen molar-refractivity contribution in [2.24, 2.45) is 5.41 Å². The molecular formula is C33H40N8O. The molecule has 1 spiro atoms. The Balaban J connectivity index is 0.939. The molecule has 4 aliphatic rings. The Morgan fingerprint density at radius 3 is 2.17 bits per heavy atom. The molecular weight excluding hydrogens is 524 g/mol. The quantitative estimate of drug-likeness (QED) is 0.347. The minimum Gasteiger partial charge on any atom is -0.457 e. The SMILES string of the molecule is Nc1ncnc2c1c(-c1ccc(Oc3ccccc3)cc1)nn2C1CCN(C2CC3(CCN(C4CNC4)CC3)C2)CC1. The first-order chi connectivity index (χ1) is 20.6. The van der Waals surface area contributed by atoms with E-state index in [1.54, 1.807) is 6.33 Å². The van der Waals surface area contributed by atoms with E-state index in [0.717, 1.165) is 71.8 Å². The third-order valence-corrected chi connectivity index (χ3v) is 10.5. The van der Waals surface area contributed by atoms with Gasteiger partial charge in [0.05, 0.1) is 11.4 Å². The van der Waals surface area contributed by atoms with Gasteiger partial charge in [0.1, 0.15) is 29.3 Å². The number of piperidine rings is 2. The first kappa shape index (κ1) is 26.1. The number of hydrogen-bond donors (Lipinski definition) is 2. The van der Waals surface area contributed by atoms with Crippen LogP contribution in [0.4, 0.5) is 5.82 Å². The Bertz CT molecular complexity index is 1530. The van der Waals surface area contributed by atoms with Crippen molar-refractivity contribution in [3.8, 4) is 22.8 Å². The molecule has 218 valence electrons. The monoisotopic (exact) mass is 564 g/mol. The zero-order valence-electron chi connectivity index (χ0n) is 24.2. The summed E-state index contributed by atoms with van der Waals surface area (Å²) in [6.45, 7) is 7.20. The molecule has 8 rings (SSSR count). The summed E-state index contributed by atoms with van der Waals surface area (Å²) in [6.07, 6.45) is 9.27. The average Bonchev–Trinajstić information content (AvgIpc) is 3.38. The third kappa shape index (κ3) is 4.73. The Morgan fingerprint density at radius 1 is 0.786 bits per heavy atom. The van der Waals surface area contributed by atoms with Gasteiger partial charge in [-0.25, -0.2) is 14.6 Å². The lowest BCUT2D eigenvalue weighted by molar-refractivity contribution is -0.0607. The van der Waals surface area contributed by atoms with Gasteiger partial charge in [-0.05, 0) is 93.4 Å². The smallest absolute Gasteiger partial charge is 0.164 e. The molecule has 0 unspecified atom stereocenters. The zero-order valence-corrected chi connectivity index (χ0v) is 24.2. The normalized spacial score (nSPS) is 22.3. The van der Waals surface area contributed by atoms with E-state index in [1.165, 1.54) is 51.9 Å². The van der Waals surface area contributed by atoms with Crippen LogP contribution in [0.3, 0.4) is 0 Å². The van der Waals surface area contributed by atoms with Crippen molar-refractivity contribution in [3.05, 3.63) is 60.9 Å². The summed E-state index contributed by atoms with van der Waals surface area (Å²) in [5.41, 5.74) is 9.68. The molecule has 2 aromatic carbocycles. The number of likely N-dealkylation sites (tertiary alicyclic amines) is 2. The van der Waals surface area contributed by atoms with Gasteiger partial charge in [-0.15, -0.1) is 0 Å². The second-order valence-corrected chi connectivity index (χ2v) is 12.9. The van der Waals surface area contributed by atoms with E-state index in [-0.39, 0.29) is 0 Å². The maximum Gasteiger partial charge on any atom is 0.164 e. The summed E-state index contributed by atoms with van der Waals surface area (Å²) < 4.78 is 8.12. The summed E-state index contributed by atoms with van der Waals surface area (Å²) in [7, 11) is 0. The number of para-hydroxylation sites is 1. The largest absolute Gasteiger partial charge is 0.457 e. The van der Waals surface area contributed by atoms with Gasteiger partial charge in [0.2, 0.25) is 0 Å². The summed E-state index contributed by atoms with van der Waals surface area (Å²) in [4.78, 5) is 14.5. The van der Waals surface area contributed by atoms with Gasteiger partial charge in [-0.1, -0.05) is 18.2 Å². The lowest BCUT2D eigenvalue weighted by Crippen LogP contribution is -2.62. The number of benzene rings is 2. The molecule has 1 aliphatic carbocycles. The van der Waals surface area contributed by atoms with Crippen LogP contribution in [0, 0.1) is 5.41 Å². The summed E-state index contributed by atoms with van der Waals surface area (Å²) >= 11 is 0. The fraction of sp³-hybridized carbons (Fsp3) is 0.485. The molecule has 4 aromatic rings. The third-order valence-electron chi connectivity index (χ3n) is 10.5. The van der Waals surface area contributed by atoms with E-state index in [9.17, 15) is 0 Å². The van der Waals surface area contributed by atoms with E-state index in [1.807, 2.05) is 54.6 Å². The van der Waals surface area contributed by atoms with E-state index >= 15 is 0 Å². The van der Waals surface area contributed by atoms with Crippen LogP contribution >= 0.6 is 0 Å². The van der Waals surface area contributed by atoms with Gasteiger partial charge in [0.25, 0.3) is 0 Å². The van der Waals surface area contributed by atoms with Crippen molar-refractivity contribution in [3.63, 3.8) is 0 Å². The van der Waals surface area contributed by atoms with Gasteiger partial charge in [0, 0.05) is 43.8 Å². The number of nitrogens with two attached hydrogens (primary N) is 1. The zero-order chi connectivity index (χ0) is 28.1. The number of aromatic nitrogens is 4. The first-order valence-electron chi connectivity index (χ1n) is 15.7. The molecule has 0 radical (unpaired) electrons. The average molecular weight is 565 g/mol. The summed E-state index contributed by atoms with van der Waals surface area (Å²) in [6, 6.07) is 19.7. The molecule has 9 nitrogen and oxygen atoms in total. The van der Waals surface area contributed by atoms with Crippen LogP contribution in [0.25, 0.3) is 22.3 Å². The number of rotatable bonds is 6. The van der Waals surface area contributed by atoms with Gasteiger partial charge in [0.15, 0.2) is 5.65 Å². The Hall–Kier alpha value is -3.53. The van der Waals surface area contributed by atoms with Crippen LogP contribution in [0.1, 0.15) is 44.6 Å². The fourth-order valence-corrected chi connectivity index (χ4v) is 7.75. The standard InChI is InChI=1S/C33H40N8O/c34-31-29-30(23-6-8-28(9-7-23)42-27-4-2-1-3-5-27)38-41(32(29)37-22-36-31)24-10-14-39(15-11-24)25-18-33(19-25)12-16-40(17-13-33)26-20-35-21-26/h1-9,22,24-26,35H,10-21H2,(H2,34,36,37). The molecule has 0 amide bonds. The maximum atomic E-state index is 6.42. The highest BCUT2D eigenvalue weighted by Crippen LogP contribution is 2.52. The number of ether oxygens (including phenoxy) is 1. The van der Waals surface area contributed by atoms with Crippen LogP contribution in [0.15, 0.2) is 60.9 Å². The molecule has 3 N–H and O–H groups in total. The Kier molecular flexibility index (Phi) is 6.61. The Morgan fingerprint density at radius 2 is 1.48 bits per heavy atom. The summed E-state index contributed by atoms with van der Waals surface area (Å²) in [5.74, 6) is 2.07. The molecule has 9 heteroatoms. The van der Waals surface area contributed by atoms with E-state index in [2.05, 4.69) is 29.8 Å². The van der Waals surface area contributed by atoms with Crippen molar-refractivity contribution in [2.75, 3.05) is 45.0 Å². The highest BCUT2D eigenvalue weighted by atomic mass is 16.5. The maximum absolute atomic E-state index is 6.42. The van der Waals surface area contributed by atoms with Gasteiger partial charge in [-0.3, -0.25) is 4.90 Å². The van der Waals surface area contributed by atoms with Crippen LogP contribution in [-0.4, -0.2) is 80.9 Å². The topological polar surface area (TPSA) is 97.4 Å². The van der Waals surface area contributed by atoms with Crippen molar-refractivity contribution >= 4 is 16.9 Å². The minimum absolute atomic E-state index is 0.306. The van der Waals surface area contributed by atoms with Gasteiger partial charge in [-0.2, -0.15) is 5.10 Å². The number of nitrogens with one attached hydrogen (secondary N) is 1. The minimum atomic E-state index is 0.306. The van der Waals surface area contributed by atoms with Crippen LogP contribution in [-0.2, 0) is 0 Å². The molecule has 42 heavy (non-hydrogen) atoms. The van der Waals surface area contributed by atoms with E-state index in [4.69, 9.17) is 15.6 Å². The number of fused-ring (bicyclic) bond motifs is 1. The second-order valence-electron chi connectivity index (χ2n) is 12.9. The lowest BCUT2D eigenvalue weighted by atomic mass is 9.59.